The summed E-state index contributed by atoms with van der Waals surface area (Å²) in [4.78, 5) is 13.7. The number of rotatable bonds is 1. The third kappa shape index (κ3) is 2.61. The average molecular weight is 309 g/mol. The van der Waals surface area contributed by atoms with Gasteiger partial charge < -0.3 is 4.98 Å². The Morgan fingerprint density at radius 3 is 2.06 bits per heavy atom. The van der Waals surface area contributed by atoms with Crippen molar-refractivity contribution in [3.63, 3.8) is 0 Å². The minimum atomic E-state index is -0.272. The molecule has 0 unspecified atom stereocenters. The highest BCUT2D eigenvalue weighted by Crippen LogP contribution is 2.37. The fourth-order valence-electron chi connectivity index (χ4n) is 1.39. The molecule has 2 aromatic rings. The molecule has 2 rings (SSSR count). The molecule has 0 saturated carbocycles. The van der Waals surface area contributed by atoms with Gasteiger partial charge in [0.25, 0.3) is 0 Å². The van der Waals surface area contributed by atoms with Crippen LogP contribution in [0, 0.1) is 0 Å². The summed E-state index contributed by atoms with van der Waals surface area (Å²) in [6.07, 6.45) is 1.40. The third-order valence-electron chi connectivity index (χ3n) is 2.17. The minimum absolute atomic E-state index is 0.272. The van der Waals surface area contributed by atoms with Gasteiger partial charge >= 0.3 is 0 Å². The van der Waals surface area contributed by atoms with Gasteiger partial charge in [-0.05, 0) is 12.1 Å². The zero-order valence-corrected chi connectivity index (χ0v) is 11.3. The molecule has 0 atom stereocenters. The number of aromatic nitrogens is 1. The summed E-state index contributed by atoms with van der Waals surface area (Å²) < 4.78 is 0. The molecule has 0 saturated heterocycles. The molecular weight excluding hydrogens is 304 g/mol. The second-order valence-electron chi connectivity index (χ2n) is 3.31. The van der Waals surface area contributed by atoms with Crippen LogP contribution in [-0.4, -0.2) is 4.98 Å². The van der Waals surface area contributed by atoms with E-state index < -0.39 is 0 Å². The highest BCUT2D eigenvalue weighted by molar-refractivity contribution is 6.44. The van der Waals surface area contributed by atoms with E-state index in [4.69, 9.17) is 46.4 Å². The molecule has 6 heteroatoms. The lowest BCUT2D eigenvalue weighted by molar-refractivity contribution is 1.24. The molecule has 17 heavy (non-hydrogen) atoms. The van der Waals surface area contributed by atoms with Gasteiger partial charge in [0.2, 0.25) is 5.56 Å². The molecule has 0 fully saturated rings. The van der Waals surface area contributed by atoms with Crippen molar-refractivity contribution in [2.45, 2.75) is 0 Å². The zero-order chi connectivity index (χ0) is 12.6. The van der Waals surface area contributed by atoms with E-state index >= 15 is 0 Å². The fourth-order valence-corrected chi connectivity index (χ4v) is 2.25. The van der Waals surface area contributed by atoms with E-state index in [1.54, 1.807) is 6.07 Å². The molecule has 0 aliphatic heterocycles. The van der Waals surface area contributed by atoms with Crippen molar-refractivity contribution < 1.29 is 0 Å². The molecule has 2 nitrogen and oxygen atoms in total. The largest absolute Gasteiger partial charge is 0.328 e. The smallest absolute Gasteiger partial charge is 0.248 e. The van der Waals surface area contributed by atoms with Gasteiger partial charge in [-0.15, -0.1) is 0 Å². The van der Waals surface area contributed by atoms with E-state index in [1.165, 1.54) is 18.3 Å². The molecule has 1 heterocycles. The van der Waals surface area contributed by atoms with Crippen molar-refractivity contribution in [2.24, 2.45) is 0 Å². The average Bonchev–Trinajstić information content (AvgIpc) is 2.27. The first-order valence-electron chi connectivity index (χ1n) is 4.52. The lowest BCUT2D eigenvalue weighted by Gasteiger charge is -2.07. The summed E-state index contributed by atoms with van der Waals surface area (Å²) in [5.41, 5.74) is 0.808. The van der Waals surface area contributed by atoms with E-state index in [-0.39, 0.29) is 5.56 Å². The number of hydrogen-bond acceptors (Lipinski definition) is 1. The maximum absolute atomic E-state index is 11.3. The molecular formula is C11H5Cl4NO. The van der Waals surface area contributed by atoms with Crippen LogP contribution in [0.25, 0.3) is 11.1 Å². The molecule has 1 aromatic heterocycles. The number of halogens is 4. The van der Waals surface area contributed by atoms with Crippen LogP contribution >= 0.6 is 46.4 Å². The van der Waals surface area contributed by atoms with Crippen LogP contribution in [0.3, 0.4) is 0 Å². The van der Waals surface area contributed by atoms with Crippen molar-refractivity contribution in [3.05, 3.63) is 54.8 Å². The van der Waals surface area contributed by atoms with Gasteiger partial charge in [-0.2, -0.15) is 0 Å². The monoisotopic (exact) mass is 307 g/mol. The van der Waals surface area contributed by atoms with Crippen LogP contribution in [0.5, 0.6) is 0 Å². The molecule has 0 aliphatic rings. The van der Waals surface area contributed by atoms with Gasteiger partial charge in [0.05, 0.1) is 20.1 Å². The molecule has 88 valence electrons. The number of nitrogens with one attached hydrogen (secondary N) is 1. The number of hydrogen-bond donors (Lipinski definition) is 1. The predicted octanol–water partition coefficient (Wildman–Crippen LogP) is 4.66. The van der Waals surface area contributed by atoms with Gasteiger partial charge in [-0.1, -0.05) is 46.4 Å². The Morgan fingerprint density at radius 2 is 1.35 bits per heavy atom. The van der Waals surface area contributed by atoms with Gasteiger partial charge in [-0.25, -0.2) is 0 Å². The zero-order valence-electron chi connectivity index (χ0n) is 8.23. The van der Waals surface area contributed by atoms with E-state index in [1.807, 2.05) is 0 Å². The Kier molecular flexibility index (Phi) is 3.69. The van der Waals surface area contributed by atoms with Crippen LogP contribution < -0.4 is 5.56 Å². The standard InChI is InChI=1S/C11H5Cl4NO/c12-7-3-9(14)8(13)1-5(7)6-2-11(17)16-4-10(6)15/h1-4H,(H,16,17). The number of H-pyrrole nitrogens is 1. The molecule has 0 amide bonds. The molecule has 1 aromatic carbocycles. The number of aromatic amines is 1. The van der Waals surface area contributed by atoms with Crippen LogP contribution in [0.4, 0.5) is 0 Å². The molecule has 1 N–H and O–H groups in total. The Bertz CT molecular complexity index is 636. The quantitative estimate of drug-likeness (QED) is 0.764. The van der Waals surface area contributed by atoms with Gasteiger partial charge in [-0.3, -0.25) is 4.79 Å². The maximum Gasteiger partial charge on any atom is 0.248 e. The molecule has 0 radical (unpaired) electrons. The lowest BCUT2D eigenvalue weighted by atomic mass is 10.1. The SMILES string of the molecule is O=c1cc(-c2cc(Cl)c(Cl)cc2Cl)c(Cl)c[nH]1. The van der Waals surface area contributed by atoms with Crippen molar-refractivity contribution in [2.75, 3.05) is 0 Å². The first-order valence-corrected chi connectivity index (χ1v) is 6.03. The van der Waals surface area contributed by atoms with Crippen LogP contribution in [-0.2, 0) is 0 Å². The van der Waals surface area contributed by atoms with Crippen LogP contribution in [0.15, 0.2) is 29.2 Å². The molecule has 0 bridgehead atoms. The highest BCUT2D eigenvalue weighted by Gasteiger charge is 2.11. The maximum atomic E-state index is 11.3. The van der Waals surface area contributed by atoms with Gasteiger partial charge in [0.15, 0.2) is 0 Å². The molecule has 0 aliphatic carbocycles. The van der Waals surface area contributed by atoms with Crippen molar-refractivity contribution in [1.82, 2.24) is 4.98 Å². The lowest BCUT2D eigenvalue weighted by Crippen LogP contribution is -2.03. The Hall–Kier alpha value is -0.670. The van der Waals surface area contributed by atoms with Crippen molar-refractivity contribution in [1.29, 1.82) is 0 Å². The Morgan fingerprint density at radius 1 is 0.765 bits per heavy atom. The predicted molar refractivity (Wildman–Crippen MR) is 72.5 cm³/mol. The third-order valence-corrected chi connectivity index (χ3v) is 3.52. The number of pyridine rings is 1. The second kappa shape index (κ2) is 4.91. The second-order valence-corrected chi connectivity index (χ2v) is 4.93. The Balaban J connectivity index is 2.72. The minimum Gasteiger partial charge on any atom is -0.328 e. The van der Waals surface area contributed by atoms with Crippen molar-refractivity contribution >= 4 is 46.4 Å². The topological polar surface area (TPSA) is 32.9 Å². The first-order chi connectivity index (χ1) is 7.99. The normalized spacial score (nSPS) is 10.6. The summed E-state index contributed by atoms with van der Waals surface area (Å²) in [6.45, 7) is 0. The van der Waals surface area contributed by atoms with Gasteiger partial charge in [0.1, 0.15) is 0 Å². The fraction of sp³-hybridized carbons (Fsp3) is 0. The highest BCUT2D eigenvalue weighted by atomic mass is 35.5. The summed E-state index contributed by atoms with van der Waals surface area (Å²) in [5.74, 6) is 0. The van der Waals surface area contributed by atoms with Crippen molar-refractivity contribution in [3.8, 4) is 11.1 Å². The van der Waals surface area contributed by atoms with Crippen LogP contribution in [0.2, 0.25) is 20.1 Å². The van der Waals surface area contributed by atoms with E-state index in [0.29, 0.717) is 31.2 Å². The number of benzene rings is 1. The summed E-state index contributed by atoms with van der Waals surface area (Å²) in [6, 6.07) is 4.44. The van der Waals surface area contributed by atoms with E-state index in [2.05, 4.69) is 4.98 Å². The summed E-state index contributed by atoms with van der Waals surface area (Å²) in [7, 11) is 0. The first kappa shape index (κ1) is 12.8. The van der Waals surface area contributed by atoms with E-state index in [0.717, 1.165) is 0 Å². The van der Waals surface area contributed by atoms with E-state index in [9.17, 15) is 4.79 Å². The Labute approximate surface area is 117 Å². The van der Waals surface area contributed by atoms with Gasteiger partial charge in [0, 0.05) is 23.4 Å². The summed E-state index contributed by atoms with van der Waals surface area (Å²) in [5, 5.41) is 1.46. The molecule has 0 spiro atoms. The summed E-state index contributed by atoms with van der Waals surface area (Å²) >= 11 is 23.8. The van der Waals surface area contributed by atoms with Crippen LogP contribution in [0.1, 0.15) is 0 Å².